The van der Waals surface area contributed by atoms with Crippen LogP contribution in [0.1, 0.15) is 45.4 Å². The summed E-state index contributed by atoms with van der Waals surface area (Å²) in [6.45, 7) is 3.24. The molecule has 0 spiro atoms. The van der Waals surface area contributed by atoms with Gasteiger partial charge in [-0.3, -0.25) is 0 Å². The Kier molecular flexibility index (Phi) is 9.12. The molecule has 0 radical (unpaired) electrons. The van der Waals surface area contributed by atoms with Crippen LogP contribution in [-0.2, 0) is 19.0 Å². The summed E-state index contributed by atoms with van der Waals surface area (Å²) in [5.74, 6) is 1.05. The van der Waals surface area contributed by atoms with E-state index in [1.807, 2.05) is 0 Å². The average molecular weight is 455 g/mol. The monoisotopic (exact) mass is 454 g/mol. The minimum atomic E-state index is -1.11. The molecule has 9 nitrogen and oxygen atoms in total. The Morgan fingerprint density at radius 2 is 1.72 bits per heavy atom. The maximum atomic E-state index is 11.8. The summed E-state index contributed by atoms with van der Waals surface area (Å²) < 4.78 is 26.9. The first kappa shape index (κ1) is 24.7. The van der Waals surface area contributed by atoms with Crippen LogP contribution in [0.25, 0.3) is 0 Å². The molecule has 0 aliphatic carbocycles. The number of epoxide rings is 1. The van der Waals surface area contributed by atoms with E-state index in [0.29, 0.717) is 32.0 Å². The van der Waals surface area contributed by atoms with Crippen molar-refractivity contribution in [2.24, 2.45) is 0 Å². The van der Waals surface area contributed by atoms with Crippen molar-refractivity contribution in [2.75, 3.05) is 26.4 Å². The van der Waals surface area contributed by atoms with Crippen molar-refractivity contribution in [2.45, 2.75) is 75.7 Å². The molecule has 9 heteroatoms. The number of benzene rings is 1. The molecule has 2 aliphatic heterocycles. The fraction of sp³-hybridized carbons (Fsp3) is 0.696. The molecule has 0 aromatic heterocycles. The van der Waals surface area contributed by atoms with E-state index in [0.717, 1.165) is 31.4 Å². The number of carbonyl (C=O) groups excluding carboxylic acids is 1. The predicted molar refractivity (Wildman–Crippen MR) is 113 cm³/mol. The third-order valence-electron chi connectivity index (χ3n) is 5.67. The van der Waals surface area contributed by atoms with Crippen LogP contribution in [0, 0.1) is 0 Å². The molecule has 5 atom stereocenters. The first-order valence-corrected chi connectivity index (χ1v) is 11.3. The predicted octanol–water partition coefficient (Wildman–Crippen LogP) is 1.56. The van der Waals surface area contributed by atoms with Crippen LogP contribution in [0.15, 0.2) is 24.3 Å². The highest BCUT2D eigenvalue weighted by Gasteiger charge is 2.52. The normalized spacial score (nSPS) is 29.4. The summed E-state index contributed by atoms with van der Waals surface area (Å²) in [7, 11) is 0. The molecule has 2 saturated heterocycles. The lowest BCUT2D eigenvalue weighted by Crippen LogP contribution is -2.50. The lowest BCUT2D eigenvalue weighted by Gasteiger charge is -2.34. The van der Waals surface area contributed by atoms with Crippen molar-refractivity contribution < 1.29 is 43.8 Å². The smallest absolute Gasteiger partial charge is 0.340 e. The zero-order valence-corrected chi connectivity index (χ0v) is 18.5. The molecule has 3 N–H and O–H groups in total. The fourth-order valence-corrected chi connectivity index (χ4v) is 3.65. The van der Waals surface area contributed by atoms with E-state index >= 15 is 0 Å². The molecule has 2 fully saturated rings. The number of rotatable bonds is 13. The van der Waals surface area contributed by atoms with Crippen LogP contribution in [0.2, 0.25) is 0 Å². The van der Waals surface area contributed by atoms with Gasteiger partial charge < -0.3 is 39.0 Å². The fourth-order valence-electron chi connectivity index (χ4n) is 3.65. The highest BCUT2D eigenvalue weighted by atomic mass is 16.6. The molecule has 1 aromatic rings. The second-order valence-electron chi connectivity index (χ2n) is 8.22. The van der Waals surface area contributed by atoms with Crippen molar-refractivity contribution in [3.05, 3.63) is 24.3 Å². The number of aliphatic hydroxyl groups is 3. The quantitative estimate of drug-likeness (QED) is 0.231. The highest BCUT2D eigenvalue weighted by molar-refractivity contribution is 5.82. The summed E-state index contributed by atoms with van der Waals surface area (Å²) in [6.07, 6.45) is 0.451. The van der Waals surface area contributed by atoms with Gasteiger partial charge in [0, 0.05) is 6.42 Å². The van der Waals surface area contributed by atoms with Crippen LogP contribution >= 0.6 is 0 Å². The number of hydrogen-bond donors (Lipinski definition) is 3. The first-order valence-electron chi connectivity index (χ1n) is 11.3. The molecule has 32 heavy (non-hydrogen) atoms. The number of esters is 1. The van der Waals surface area contributed by atoms with E-state index in [-0.39, 0.29) is 19.0 Å². The van der Waals surface area contributed by atoms with Gasteiger partial charge in [0.05, 0.1) is 25.9 Å². The van der Waals surface area contributed by atoms with Gasteiger partial charge in [-0.05, 0) is 50.5 Å². The number of aliphatic hydroxyl groups excluding tert-OH is 3. The minimum absolute atomic E-state index is 0.0119. The van der Waals surface area contributed by atoms with Crippen molar-refractivity contribution in [1.82, 2.24) is 0 Å². The number of unbranched alkanes of at least 4 members (excludes halogenated alkanes) is 3. The first-order chi connectivity index (χ1) is 15.4. The molecular weight excluding hydrogens is 420 g/mol. The molecule has 2 heterocycles. The van der Waals surface area contributed by atoms with Gasteiger partial charge in [0.2, 0.25) is 0 Å². The Morgan fingerprint density at radius 3 is 2.38 bits per heavy atom. The van der Waals surface area contributed by atoms with Crippen molar-refractivity contribution in [3.8, 4) is 11.5 Å². The van der Waals surface area contributed by atoms with Crippen LogP contribution < -0.4 is 9.47 Å². The lowest BCUT2D eigenvalue weighted by atomic mass is 10.0. The zero-order valence-electron chi connectivity index (χ0n) is 18.5. The highest BCUT2D eigenvalue weighted by Crippen LogP contribution is 2.34. The Bertz CT molecular complexity index is 704. The Labute approximate surface area is 188 Å². The van der Waals surface area contributed by atoms with E-state index in [1.54, 1.807) is 31.2 Å². The number of ether oxygens (including phenoxy) is 5. The largest absolute Gasteiger partial charge is 0.494 e. The lowest BCUT2D eigenvalue weighted by molar-refractivity contribution is -0.237. The molecular formula is C23H34O9. The van der Waals surface area contributed by atoms with E-state index in [1.165, 1.54) is 0 Å². The average Bonchev–Trinajstić information content (AvgIpc) is 3.57. The Morgan fingerprint density at radius 1 is 1.06 bits per heavy atom. The van der Waals surface area contributed by atoms with Crippen molar-refractivity contribution in [3.63, 3.8) is 0 Å². The van der Waals surface area contributed by atoms with Crippen LogP contribution in [-0.4, -0.2) is 77.9 Å². The summed E-state index contributed by atoms with van der Waals surface area (Å²) in [5, 5.41) is 29.2. The molecule has 0 saturated carbocycles. The van der Waals surface area contributed by atoms with E-state index < -0.39 is 30.2 Å². The maximum absolute atomic E-state index is 11.8. The van der Waals surface area contributed by atoms with Crippen LogP contribution in [0.4, 0.5) is 0 Å². The van der Waals surface area contributed by atoms with Crippen LogP contribution in [0.5, 0.6) is 11.5 Å². The molecule has 2 aliphatic rings. The molecule has 3 rings (SSSR count). The summed E-state index contributed by atoms with van der Waals surface area (Å²) in [5.41, 5.74) is -0.683. The number of carbonyl (C=O) groups is 1. The van der Waals surface area contributed by atoms with Gasteiger partial charge in [-0.1, -0.05) is 12.8 Å². The molecule has 0 bridgehead atoms. The standard InChI is InChI=1S/C23H34O9/c1-2-28-22(27)23(15-31-23)11-5-3-4-6-12-29-16-7-9-17(10-8-16)30-14-19-21(26)18(24)13-20(25)32-19/h7-10,18-21,24-26H,2-6,11-15H2,1H3. The van der Waals surface area contributed by atoms with E-state index in [2.05, 4.69) is 0 Å². The molecule has 180 valence electrons. The summed E-state index contributed by atoms with van der Waals surface area (Å²) in [6, 6.07) is 7.10. The van der Waals surface area contributed by atoms with Gasteiger partial charge in [0.15, 0.2) is 11.9 Å². The van der Waals surface area contributed by atoms with Gasteiger partial charge in [0.25, 0.3) is 0 Å². The second kappa shape index (κ2) is 11.8. The van der Waals surface area contributed by atoms with Crippen molar-refractivity contribution in [1.29, 1.82) is 0 Å². The van der Waals surface area contributed by atoms with E-state index in [4.69, 9.17) is 23.7 Å². The third kappa shape index (κ3) is 7.05. The van der Waals surface area contributed by atoms with Crippen molar-refractivity contribution >= 4 is 5.97 Å². The Hall–Kier alpha value is -1.91. The van der Waals surface area contributed by atoms with E-state index in [9.17, 15) is 20.1 Å². The second-order valence-corrected chi connectivity index (χ2v) is 8.22. The van der Waals surface area contributed by atoms with Gasteiger partial charge >= 0.3 is 5.97 Å². The van der Waals surface area contributed by atoms with Gasteiger partial charge in [0.1, 0.15) is 30.3 Å². The molecule has 1 aromatic carbocycles. The van der Waals surface area contributed by atoms with Gasteiger partial charge in [-0.15, -0.1) is 0 Å². The number of hydrogen-bond acceptors (Lipinski definition) is 9. The third-order valence-corrected chi connectivity index (χ3v) is 5.67. The topological polar surface area (TPSA) is 127 Å². The summed E-state index contributed by atoms with van der Waals surface area (Å²) in [4.78, 5) is 11.8. The SMILES string of the molecule is CCOC(=O)C1(CCCCCCOc2ccc(OCC3OC(O)CC(O)C3O)cc2)CO1. The molecule has 0 amide bonds. The zero-order chi connectivity index (χ0) is 23.0. The van der Waals surface area contributed by atoms with Crippen LogP contribution in [0.3, 0.4) is 0 Å². The summed E-state index contributed by atoms with van der Waals surface area (Å²) >= 11 is 0. The van der Waals surface area contributed by atoms with Gasteiger partial charge in [-0.25, -0.2) is 4.79 Å². The maximum Gasteiger partial charge on any atom is 0.340 e. The molecule has 5 unspecified atom stereocenters. The van der Waals surface area contributed by atoms with Gasteiger partial charge in [-0.2, -0.15) is 0 Å². The minimum Gasteiger partial charge on any atom is -0.494 e. The Balaban J connectivity index is 1.26.